The summed E-state index contributed by atoms with van der Waals surface area (Å²) in [5.74, 6) is -0.336. The van der Waals surface area contributed by atoms with Gasteiger partial charge in [0, 0.05) is 23.5 Å². The molecule has 2 aromatic heterocycles. The summed E-state index contributed by atoms with van der Waals surface area (Å²) in [7, 11) is -3.89. The number of amides is 1. The largest absolute Gasteiger partial charge is 0.366 e. The van der Waals surface area contributed by atoms with E-state index in [1.165, 1.54) is 24.3 Å². The Labute approximate surface area is 162 Å². The number of sulfonamides is 1. The van der Waals surface area contributed by atoms with E-state index in [2.05, 4.69) is 19.8 Å². The third kappa shape index (κ3) is 4.24. The lowest BCUT2D eigenvalue weighted by atomic mass is 10.1. The van der Waals surface area contributed by atoms with Crippen molar-refractivity contribution >= 4 is 15.9 Å². The number of hydrogen-bond donors (Lipinski definition) is 2. The zero-order chi connectivity index (χ0) is 20.3. The normalized spacial score (nSPS) is 12.8. The monoisotopic (exact) mass is 401 g/mol. The van der Waals surface area contributed by atoms with Crippen molar-refractivity contribution in [1.82, 2.24) is 19.8 Å². The lowest BCUT2D eigenvalue weighted by Crippen LogP contribution is -2.32. The summed E-state index contributed by atoms with van der Waals surface area (Å²) in [6, 6.07) is 8.12. The number of aromatic nitrogens is 3. The van der Waals surface area contributed by atoms with E-state index in [1.807, 2.05) is 13.8 Å². The Morgan fingerprint density at radius 2 is 1.89 bits per heavy atom. The first-order chi connectivity index (χ1) is 13.3. The van der Waals surface area contributed by atoms with Crippen molar-refractivity contribution in [2.24, 2.45) is 11.7 Å². The van der Waals surface area contributed by atoms with Gasteiger partial charge in [0.1, 0.15) is 6.04 Å². The van der Waals surface area contributed by atoms with Gasteiger partial charge in [0.2, 0.25) is 27.6 Å². The van der Waals surface area contributed by atoms with E-state index in [0.717, 1.165) is 0 Å². The molecule has 9 nitrogen and oxygen atoms in total. The molecule has 1 unspecified atom stereocenters. The van der Waals surface area contributed by atoms with E-state index in [4.69, 9.17) is 10.3 Å². The molecule has 0 aliphatic heterocycles. The second-order valence-electron chi connectivity index (χ2n) is 6.43. The van der Waals surface area contributed by atoms with Gasteiger partial charge in [-0.1, -0.05) is 19.0 Å². The van der Waals surface area contributed by atoms with Crippen molar-refractivity contribution in [3.05, 3.63) is 60.2 Å². The summed E-state index contributed by atoms with van der Waals surface area (Å²) in [4.78, 5) is 19.5. The van der Waals surface area contributed by atoms with Gasteiger partial charge in [-0.15, -0.1) is 0 Å². The highest BCUT2D eigenvalue weighted by molar-refractivity contribution is 7.89. The van der Waals surface area contributed by atoms with Crippen LogP contribution in [0.3, 0.4) is 0 Å². The van der Waals surface area contributed by atoms with Crippen LogP contribution in [0.4, 0.5) is 0 Å². The minimum Gasteiger partial charge on any atom is -0.366 e. The van der Waals surface area contributed by atoms with Crippen LogP contribution >= 0.6 is 0 Å². The molecule has 3 rings (SSSR count). The van der Waals surface area contributed by atoms with Gasteiger partial charge >= 0.3 is 0 Å². The second-order valence-corrected chi connectivity index (χ2v) is 8.14. The van der Waals surface area contributed by atoms with Crippen LogP contribution in [0.1, 0.15) is 36.1 Å². The average Bonchev–Trinajstić information content (AvgIpc) is 3.16. The van der Waals surface area contributed by atoms with E-state index in [0.29, 0.717) is 11.4 Å². The van der Waals surface area contributed by atoms with Crippen LogP contribution in [0.5, 0.6) is 0 Å². The minimum atomic E-state index is -3.89. The molecule has 2 heterocycles. The van der Waals surface area contributed by atoms with Crippen LogP contribution in [0.25, 0.3) is 11.4 Å². The second kappa shape index (κ2) is 7.87. The summed E-state index contributed by atoms with van der Waals surface area (Å²) in [5, 5.41) is 3.91. The molecule has 0 spiro atoms. The van der Waals surface area contributed by atoms with Crippen molar-refractivity contribution in [2.45, 2.75) is 24.8 Å². The maximum Gasteiger partial charge on any atom is 0.248 e. The first-order valence-corrected chi connectivity index (χ1v) is 9.92. The molecule has 1 atom stereocenters. The van der Waals surface area contributed by atoms with E-state index in [-0.39, 0.29) is 22.3 Å². The SMILES string of the molecule is CC(C)C(NS(=O)(=O)c1ccc(C(N)=O)cc1)c1nc(-c2cccnc2)no1. The number of carbonyl (C=O) groups is 1. The Bertz CT molecular complexity index is 1060. The van der Waals surface area contributed by atoms with Crippen LogP contribution in [-0.2, 0) is 10.0 Å². The van der Waals surface area contributed by atoms with Crippen molar-refractivity contribution in [1.29, 1.82) is 0 Å². The summed E-state index contributed by atoms with van der Waals surface area (Å²) in [6.45, 7) is 3.66. The molecule has 146 valence electrons. The fraction of sp³-hybridized carbons (Fsp3) is 0.222. The molecule has 0 saturated heterocycles. The fourth-order valence-electron chi connectivity index (χ4n) is 2.48. The highest BCUT2D eigenvalue weighted by atomic mass is 32.2. The topological polar surface area (TPSA) is 141 Å². The molecule has 0 fully saturated rings. The van der Waals surface area contributed by atoms with E-state index in [9.17, 15) is 13.2 Å². The third-order valence-electron chi connectivity index (χ3n) is 4.03. The fourth-order valence-corrected chi connectivity index (χ4v) is 3.82. The zero-order valence-corrected chi connectivity index (χ0v) is 16.1. The number of nitrogens with one attached hydrogen (secondary N) is 1. The highest BCUT2D eigenvalue weighted by Gasteiger charge is 2.29. The van der Waals surface area contributed by atoms with Crippen molar-refractivity contribution in [3.8, 4) is 11.4 Å². The van der Waals surface area contributed by atoms with E-state index in [1.54, 1.807) is 24.5 Å². The first kappa shape index (κ1) is 19.6. The van der Waals surface area contributed by atoms with E-state index < -0.39 is 22.0 Å². The molecular weight excluding hydrogens is 382 g/mol. The maximum atomic E-state index is 12.8. The lowest BCUT2D eigenvalue weighted by molar-refractivity contribution is 0.1000. The van der Waals surface area contributed by atoms with Gasteiger partial charge in [0.15, 0.2) is 0 Å². The van der Waals surface area contributed by atoms with Crippen LogP contribution < -0.4 is 10.5 Å². The number of nitrogens with zero attached hydrogens (tertiary/aromatic N) is 3. The molecule has 3 N–H and O–H groups in total. The van der Waals surface area contributed by atoms with Gasteiger partial charge in [-0.05, 0) is 42.3 Å². The van der Waals surface area contributed by atoms with Crippen LogP contribution in [0.2, 0.25) is 0 Å². The average molecular weight is 401 g/mol. The quantitative estimate of drug-likeness (QED) is 0.616. The molecular formula is C18H19N5O4S. The number of primary amides is 1. The molecule has 3 aromatic rings. The molecule has 10 heteroatoms. The Hall–Kier alpha value is -3.11. The van der Waals surface area contributed by atoms with Crippen molar-refractivity contribution in [3.63, 3.8) is 0 Å². The molecule has 1 aromatic carbocycles. The van der Waals surface area contributed by atoms with Crippen molar-refractivity contribution < 1.29 is 17.7 Å². The van der Waals surface area contributed by atoms with Gasteiger partial charge in [0.05, 0.1) is 4.90 Å². The number of nitrogens with two attached hydrogens (primary N) is 1. The standard InChI is InChI=1S/C18H19N5O4S/c1-11(2)15(18-21-17(22-27-18)13-4-3-9-20-10-13)23-28(25,26)14-7-5-12(6-8-14)16(19)24/h3-11,15,23H,1-2H3,(H2,19,24). The van der Waals surface area contributed by atoms with Gasteiger partial charge in [-0.25, -0.2) is 8.42 Å². The Balaban J connectivity index is 1.87. The van der Waals surface area contributed by atoms with Gasteiger partial charge in [-0.2, -0.15) is 9.71 Å². The molecule has 28 heavy (non-hydrogen) atoms. The first-order valence-electron chi connectivity index (χ1n) is 8.44. The smallest absolute Gasteiger partial charge is 0.248 e. The van der Waals surface area contributed by atoms with Gasteiger partial charge in [0.25, 0.3) is 0 Å². The van der Waals surface area contributed by atoms with Crippen LogP contribution in [0, 0.1) is 5.92 Å². The molecule has 0 aliphatic rings. The van der Waals surface area contributed by atoms with Gasteiger partial charge in [-0.3, -0.25) is 9.78 Å². The van der Waals surface area contributed by atoms with Crippen LogP contribution in [-0.4, -0.2) is 29.4 Å². The maximum absolute atomic E-state index is 12.8. The summed E-state index contributed by atoms with van der Waals surface area (Å²) in [6.07, 6.45) is 3.21. The number of benzene rings is 1. The molecule has 0 saturated carbocycles. The van der Waals surface area contributed by atoms with E-state index >= 15 is 0 Å². The summed E-state index contributed by atoms with van der Waals surface area (Å²) < 4.78 is 33.4. The summed E-state index contributed by atoms with van der Waals surface area (Å²) in [5.41, 5.74) is 6.06. The minimum absolute atomic E-state index is 0.00449. The Kier molecular flexibility index (Phi) is 5.52. The molecule has 0 radical (unpaired) electrons. The summed E-state index contributed by atoms with van der Waals surface area (Å²) >= 11 is 0. The zero-order valence-electron chi connectivity index (χ0n) is 15.2. The van der Waals surface area contributed by atoms with Crippen molar-refractivity contribution in [2.75, 3.05) is 0 Å². The molecule has 0 bridgehead atoms. The van der Waals surface area contributed by atoms with Crippen LogP contribution in [0.15, 0.2) is 58.2 Å². The number of rotatable bonds is 7. The van der Waals surface area contributed by atoms with Gasteiger partial charge < -0.3 is 10.3 Å². The predicted octanol–water partition coefficient (Wildman–Crippen LogP) is 1.91. The predicted molar refractivity (Wildman–Crippen MR) is 100 cm³/mol. The Morgan fingerprint density at radius 1 is 1.18 bits per heavy atom. The third-order valence-corrected chi connectivity index (χ3v) is 5.48. The number of carbonyl (C=O) groups excluding carboxylic acids is 1. The lowest BCUT2D eigenvalue weighted by Gasteiger charge is -2.18. The molecule has 1 amide bonds. The number of pyridine rings is 1. The number of hydrogen-bond acceptors (Lipinski definition) is 7. The molecule has 0 aliphatic carbocycles. The highest BCUT2D eigenvalue weighted by Crippen LogP contribution is 2.25. The Morgan fingerprint density at radius 3 is 2.46 bits per heavy atom.